The molecule has 32 heavy (non-hydrogen) atoms. The van der Waals surface area contributed by atoms with Crippen LogP contribution in [-0.4, -0.2) is 23.9 Å². The smallest absolute Gasteiger partial charge is 0.251 e. The van der Waals surface area contributed by atoms with E-state index in [-0.39, 0.29) is 23.9 Å². The summed E-state index contributed by atoms with van der Waals surface area (Å²) in [5, 5.41) is 10.7. The molecule has 2 amide bonds. The van der Waals surface area contributed by atoms with E-state index in [0.717, 1.165) is 47.2 Å². The van der Waals surface area contributed by atoms with Gasteiger partial charge in [-0.05, 0) is 71.5 Å². The number of fused-ring (bicyclic) bond motifs is 2. The second kappa shape index (κ2) is 8.83. The molecule has 0 aliphatic heterocycles. The molecule has 0 spiro atoms. The minimum atomic E-state index is -0.0283. The van der Waals surface area contributed by atoms with E-state index in [1.807, 2.05) is 84.9 Å². The van der Waals surface area contributed by atoms with E-state index >= 15 is 0 Å². The van der Waals surface area contributed by atoms with Crippen molar-refractivity contribution in [2.45, 2.75) is 37.8 Å². The largest absolute Gasteiger partial charge is 0.349 e. The van der Waals surface area contributed by atoms with Crippen LogP contribution < -0.4 is 10.6 Å². The molecule has 0 bridgehead atoms. The average molecular weight is 423 g/mol. The number of hydrogen-bond donors (Lipinski definition) is 2. The molecule has 1 saturated carbocycles. The summed E-state index contributed by atoms with van der Waals surface area (Å²) in [4.78, 5) is 25.5. The fourth-order valence-corrected chi connectivity index (χ4v) is 4.58. The van der Waals surface area contributed by atoms with Gasteiger partial charge in [0.05, 0.1) is 0 Å². The zero-order valence-corrected chi connectivity index (χ0v) is 17.9. The minimum Gasteiger partial charge on any atom is -0.349 e. The molecule has 1 aliphatic carbocycles. The highest BCUT2D eigenvalue weighted by Gasteiger charge is 2.24. The lowest BCUT2D eigenvalue weighted by atomic mass is 9.90. The highest BCUT2D eigenvalue weighted by atomic mass is 16.2. The number of hydrogen-bond acceptors (Lipinski definition) is 2. The monoisotopic (exact) mass is 422 g/mol. The van der Waals surface area contributed by atoms with Crippen molar-refractivity contribution in [1.29, 1.82) is 0 Å². The van der Waals surface area contributed by atoms with Crippen molar-refractivity contribution in [3.8, 4) is 0 Å². The lowest BCUT2D eigenvalue weighted by Crippen LogP contribution is -2.43. The lowest BCUT2D eigenvalue weighted by Gasteiger charge is -2.29. The SMILES string of the molecule is O=C(NC1CCC(NC(=O)c2ccc3ccccc3c2)CC1)c1ccc2ccccc2c1. The molecule has 4 nitrogen and oxygen atoms in total. The van der Waals surface area contributed by atoms with Crippen LogP contribution >= 0.6 is 0 Å². The van der Waals surface area contributed by atoms with Gasteiger partial charge in [-0.25, -0.2) is 0 Å². The van der Waals surface area contributed by atoms with E-state index in [0.29, 0.717) is 11.1 Å². The van der Waals surface area contributed by atoms with Crippen LogP contribution in [0, 0.1) is 0 Å². The Morgan fingerprint density at radius 2 is 0.906 bits per heavy atom. The van der Waals surface area contributed by atoms with Gasteiger partial charge in [-0.15, -0.1) is 0 Å². The quantitative estimate of drug-likeness (QED) is 0.459. The van der Waals surface area contributed by atoms with E-state index < -0.39 is 0 Å². The van der Waals surface area contributed by atoms with Gasteiger partial charge in [0.1, 0.15) is 0 Å². The van der Waals surface area contributed by atoms with Gasteiger partial charge in [-0.3, -0.25) is 9.59 Å². The highest BCUT2D eigenvalue weighted by Crippen LogP contribution is 2.22. The van der Waals surface area contributed by atoms with Crippen LogP contribution in [0.3, 0.4) is 0 Å². The van der Waals surface area contributed by atoms with E-state index in [1.54, 1.807) is 0 Å². The molecule has 0 aromatic heterocycles. The van der Waals surface area contributed by atoms with Crippen molar-refractivity contribution in [2.75, 3.05) is 0 Å². The summed E-state index contributed by atoms with van der Waals surface area (Å²) < 4.78 is 0. The van der Waals surface area contributed by atoms with Crippen molar-refractivity contribution in [2.24, 2.45) is 0 Å². The summed E-state index contributed by atoms with van der Waals surface area (Å²) in [5.41, 5.74) is 1.38. The number of carbonyl (C=O) groups is 2. The normalized spacial score (nSPS) is 18.4. The molecular weight excluding hydrogens is 396 g/mol. The van der Waals surface area contributed by atoms with E-state index in [2.05, 4.69) is 10.6 Å². The maximum absolute atomic E-state index is 12.7. The third kappa shape index (κ3) is 4.35. The lowest BCUT2D eigenvalue weighted by molar-refractivity contribution is 0.0892. The van der Waals surface area contributed by atoms with Crippen molar-refractivity contribution in [3.63, 3.8) is 0 Å². The fraction of sp³-hybridized carbons (Fsp3) is 0.214. The Morgan fingerprint density at radius 1 is 0.531 bits per heavy atom. The summed E-state index contributed by atoms with van der Waals surface area (Å²) in [5.74, 6) is -0.0567. The minimum absolute atomic E-state index is 0.0283. The molecule has 5 rings (SSSR count). The third-order valence-corrected chi connectivity index (χ3v) is 6.42. The molecule has 0 heterocycles. The van der Waals surface area contributed by atoms with E-state index in [1.165, 1.54) is 0 Å². The first-order chi connectivity index (χ1) is 15.7. The summed E-state index contributed by atoms with van der Waals surface area (Å²) in [6.07, 6.45) is 3.45. The molecule has 4 aromatic carbocycles. The van der Waals surface area contributed by atoms with Gasteiger partial charge >= 0.3 is 0 Å². The second-order valence-corrected chi connectivity index (χ2v) is 8.62. The van der Waals surface area contributed by atoms with Gasteiger partial charge in [0.25, 0.3) is 11.8 Å². The van der Waals surface area contributed by atoms with Crippen LogP contribution in [0.25, 0.3) is 21.5 Å². The van der Waals surface area contributed by atoms with Crippen LogP contribution in [0.15, 0.2) is 84.9 Å². The van der Waals surface area contributed by atoms with Crippen LogP contribution in [0.4, 0.5) is 0 Å². The molecular formula is C28H26N2O2. The molecule has 4 heteroatoms. The van der Waals surface area contributed by atoms with E-state index in [9.17, 15) is 9.59 Å². The molecule has 4 aromatic rings. The Bertz CT molecular complexity index is 1190. The molecule has 0 unspecified atom stereocenters. The van der Waals surface area contributed by atoms with Gasteiger partial charge in [-0.2, -0.15) is 0 Å². The molecule has 0 radical (unpaired) electrons. The van der Waals surface area contributed by atoms with Crippen LogP contribution in [0.1, 0.15) is 46.4 Å². The Balaban J connectivity index is 1.15. The van der Waals surface area contributed by atoms with Gasteiger partial charge in [0, 0.05) is 23.2 Å². The van der Waals surface area contributed by atoms with Crippen LogP contribution in [0.5, 0.6) is 0 Å². The topological polar surface area (TPSA) is 58.2 Å². The van der Waals surface area contributed by atoms with E-state index in [4.69, 9.17) is 0 Å². The van der Waals surface area contributed by atoms with Crippen LogP contribution in [-0.2, 0) is 0 Å². The number of carbonyl (C=O) groups excluding carboxylic acids is 2. The first-order valence-corrected chi connectivity index (χ1v) is 11.2. The number of amides is 2. The highest BCUT2D eigenvalue weighted by molar-refractivity contribution is 5.99. The third-order valence-electron chi connectivity index (χ3n) is 6.42. The van der Waals surface area contributed by atoms with Crippen molar-refractivity contribution in [1.82, 2.24) is 10.6 Å². The van der Waals surface area contributed by atoms with Crippen LogP contribution in [0.2, 0.25) is 0 Å². The zero-order valence-electron chi connectivity index (χ0n) is 17.9. The molecule has 2 N–H and O–H groups in total. The Hall–Kier alpha value is -3.66. The summed E-state index contributed by atoms with van der Waals surface area (Å²) >= 11 is 0. The summed E-state index contributed by atoms with van der Waals surface area (Å²) in [6.45, 7) is 0. The Labute approximate surface area is 187 Å². The van der Waals surface area contributed by atoms with Gasteiger partial charge in [-0.1, -0.05) is 60.7 Å². The van der Waals surface area contributed by atoms with Crippen molar-refractivity contribution in [3.05, 3.63) is 96.1 Å². The molecule has 0 atom stereocenters. The maximum atomic E-state index is 12.7. The summed E-state index contributed by atoms with van der Waals surface area (Å²) in [7, 11) is 0. The first-order valence-electron chi connectivity index (χ1n) is 11.2. The van der Waals surface area contributed by atoms with Gasteiger partial charge in [0.2, 0.25) is 0 Å². The Kier molecular flexibility index (Phi) is 5.59. The Morgan fingerprint density at radius 3 is 1.31 bits per heavy atom. The molecule has 160 valence electrons. The predicted molar refractivity (Wildman–Crippen MR) is 129 cm³/mol. The van der Waals surface area contributed by atoms with Gasteiger partial charge in [0.15, 0.2) is 0 Å². The molecule has 1 aliphatic rings. The molecule has 1 fully saturated rings. The maximum Gasteiger partial charge on any atom is 0.251 e. The first kappa shape index (κ1) is 20.3. The number of benzene rings is 4. The van der Waals surface area contributed by atoms with Gasteiger partial charge < -0.3 is 10.6 Å². The summed E-state index contributed by atoms with van der Waals surface area (Å²) in [6, 6.07) is 28.0. The second-order valence-electron chi connectivity index (χ2n) is 8.62. The average Bonchev–Trinajstić information content (AvgIpc) is 2.84. The fourth-order valence-electron chi connectivity index (χ4n) is 4.58. The number of rotatable bonds is 4. The predicted octanol–water partition coefficient (Wildman–Crippen LogP) is 5.46. The number of nitrogens with one attached hydrogen (secondary N) is 2. The standard InChI is InChI=1S/C28H26N2O2/c31-27(23-11-9-19-5-1-3-7-21(19)17-23)29-25-13-15-26(16-14-25)30-28(32)24-12-10-20-6-2-4-8-22(20)18-24/h1-12,17-18,25-26H,13-16H2,(H,29,31)(H,30,32). The van der Waals surface area contributed by atoms with Crippen molar-refractivity contribution < 1.29 is 9.59 Å². The van der Waals surface area contributed by atoms with Crippen molar-refractivity contribution >= 4 is 33.4 Å². The zero-order chi connectivity index (χ0) is 21.9. The molecule has 0 saturated heterocycles.